The molecule has 0 N–H and O–H groups in total. The lowest BCUT2D eigenvalue weighted by Gasteiger charge is -2.20. The van der Waals surface area contributed by atoms with Crippen LogP contribution in [0.5, 0.6) is 0 Å². The molecule has 152 valence electrons. The van der Waals surface area contributed by atoms with Crippen LogP contribution in [0.1, 0.15) is 29.2 Å². The van der Waals surface area contributed by atoms with Gasteiger partial charge in [0, 0.05) is 0 Å². The van der Waals surface area contributed by atoms with Crippen LogP contribution in [0.25, 0.3) is 10.2 Å². The van der Waals surface area contributed by atoms with E-state index in [1.54, 1.807) is 4.90 Å². The van der Waals surface area contributed by atoms with E-state index in [2.05, 4.69) is 19.1 Å². The number of halogens is 1. The standard InChI is InChI=1S/C25H23ClN2OS/c1-3-18-10-12-19(13-11-18)15-22(29)28(16-20-7-5-4-6-8-20)25-27-23-17(2)9-14-21(26)24(23)30-25/h4-14H,3,15-16H2,1-2H3. The van der Waals surface area contributed by atoms with Crippen LogP contribution >= 0.6 is 22.9 Å². The lowest BCUT2D eigenvalue weighted by atomic mass is 10.1. The zero-order valence-electron chi connectivity index (χ0n) is 17.1. The average Bonchev–Trinajstić information content (AvgIpc) is 3.22. The molecule has 3 aromatic carbocycles. The number of anilines is 1. The Labute approximate surface area is 186 Å². The molecule has 0 fully saturated rings. The summed E-state index contributed by atoms with van der Waals surface area (Å²) < 4.78 is 0.921. The van der Waals surface area contributed by atoms with Gasteiger partial charge in [-0.25, -0.2) is 4.98 Å². The predicted octanol–water partition coefficient (Wildman–Crippen LogP) is 6.60. The molecule has 1 amide bonds. The van der Waals surface area contributed by atoms with E-state index in [-0.39, 0.29) is 5.91 Å². The Kier molecular flexibility index (Phi) is 6.16. The van der Waals surface area contributed by atoms with Gasteiger partial charge in [-0.2, -0.15) is 0 Å². The lowest BCUT2D eigenvalue weighted by molar-refractivity contribution is -0.118. The molecule has 5 heteroatoms. The van der Waals surface area contributed by atoms with Crippen molar-refractivity contribution in [2.75, 3.05) is 4.90 Å². The number of benzene rings is 3. The minimum Gasteiger partial charge on any atom is -0.283 e. The lowest BCUT2D eigenvalue weighted by Crippen LogP contribution is -2.31. The Hall–Kier alpha value is -2.69. The smallest absolute Gasteiger partial charge is 0.233 e. The number of fused-ring (bicyclic) bond motifs is 1. The van der Waals surface area contributed by atoms with E-state index in [0.717, 1.165) is 33.3 Å². The first-order chi connectivity index (χ1) is 14.5. The van der Waals surface area contributed by atoms with Crippen molar-refractivity contribution in [2.45, 2.75) is 33.2 Å². The van der Waals surface area contributed by atoms with Crippen LogP contribution in [0.4, 0.5) is 5.13 Å². The van der Waals surface area contributed by atoms with Crippen molar-refractivity contribution in [3.8, 4) is 0 Å². The van der Waals surface area contributed by atoms with Gasteiger partial charge in [0.2, 0.25) is 5.91 Å². The molecule has 0 atom stereocenters. The molecule has 0 aliphatic heterocycles. The molecule has 0 aliphatic rings. The van der Waals surface area contributed by atoms with E-state index < -0.39 is 0 Å². The van der Waals surface area contributed by atoms with Crippen molar-refractivity contribution in [1.82, 2.24) is 4.98 Å². The van der Waals surface area contributed by atoms with E-state index in [0.29, 0.717) is 23.1 Å². The second-order valence-corrected chi connectivity index (χ2v) is 8.74. The molecular weight excluding hydrogens is 412 g/mol. The SMILES string of the molecule is CCc1ccc(CC(=O)N(Cc2ccccc2)c2nc3c(C)ccc(Cl)c3s2)cc1. The summed E-state index contributed by atoms with van der Waals surface area (Å²) in [6, 6.07) is 22.1. The van der Waals surface area contributed by atoms with E-state index >= 15 is 0 Å². The molecule has 0 aliphatic carbocycles. The average molecular weight is 435 g/mol. The fourth-order valence-corrected chi connectivity index (χ4v) is 4.73. The summed E-state index contributed by atoms with van der Waals surface area (Å²) >= 11 is 7.88. The van der Waals surface area contributed by atoms with Crippen LogP contribution in [0.3, 0.4) is 0 Å². The highest BCUT2D eigenvalue weighted by molar-refractivity contribution is 7.23. The summed E-state index contributed by atoms with van der Waals surface area (Å²) in [5.41, 5.74) is 5.25. The van der Waals surface area contributed by atoms with Gasteiger partial charge in [0.05, 0.1) is 28.2 Å². The molecule has 0 bridgehead atoms. The van der Waals surface area contributed by atoms with Gasteiger partial charge in [0.15, 0.2) is 5.13 Å². The van der Waals surface area contributed by atoms with Gasteiger partial charge in [0.1, 0.15) is 0 Å². The van der Waals surface area contributed by atoms with Gasteiger partial charge < -0.3 is 0 Å². The monoisotopic (exact) mass is 434 g/mol. The maximum absolute atomic E-state index is 13.4. The number of amides is 1. The number of thiazole rings is 1. The Morgan fingerprint density at radius 1 is 0.967 bits per heavy atom. The number of aryl methyl sites for hydroxylation is 2. The zero-order valence-corrected chi connectivity index (χ0v) is 18.6. The maximum atomic E-state index is 13.4. The van der Waals surface area contributed by atoms with Crippen LogP contribution in [0, 0.1) is 6.92 Å². The second-order valence-electron chi connectivity index (χ2n) is 7.35. The first-order valence-electron chi connectivity index (χ1n) is 10.0. The number of rotatable bonds is 6. The summed E-state index contributed by atoms with van der Waals surface area (Å²) in [5, 5.41) is 1.35. The van der Waals surface area contributed by atoms with Gasteiger partial charge in [-0.05, 0) is 41.7 Å². The van der Waals surface area contributed by atoms with Gasteiger partial charge in [-0.1, -0.05) is 90.5 Å². The van der Waals surface area contributed by atoms with Gasteiger partial charge >= 0.3 is 0 Å². The van der Waals surface area contributed by atoms with Crippen LogP contribution < -0.4 is 4.90 Å². The third-order valence-electron chi connectivity index (χ3n) is 5.19. The first kappa shape index (κ1) is 20.6. The van der Waals surface area contributed by atoms with Crippen molar-refractivity contribution in [3.63, 3.8) is 0 Å². The Morgan fingerprint density at radius 3 is 2.33 bits per heavy atom. The molecule has 3 nitrogen and oxygen atoms in total. The Morgan fingerprint density at radius 2 is 1.67 bits per heavy atom. The van der Waals surface area contributed by atoms with E-state index in [4.69, 9.17) is 16.6 Å². The molecule has 0 unspecified atom stereocenters. The highest BCUT2D eigenvalue weighted by Crippen LogP contribution is 2.36. The minimum absolute atomic E-state index is 0.0240. The van der Waals surface area contributed by atoms with Crippen LogP contribution in [0.2, 0.25) is 5.02 Å². The fourth-order valence-electron chi connectivity index (χ4n) is 3.40. The van der Waals surface area contributed by atoms with E-state index in [1.807, 2.05) is 61.5 Å². The maximum Gasteiger partial charge on any atom is 0.233 e. The molecule has 1 aromatic heterocycles. The zero-order chi connectivity index (χ0) is 21.1. The number of hydrogen-bond acceptors (Lipinski definition) is 3. The topological polar surface area (TPSA) is 33.2 Å². The molecule has 1 heterocycles. The highest BCUT2D eigenvalue weighted by atomic mass is 35.5. The Balaban J connectivity index is 1.69. The summed E-state index contributed by atoms with van der Waals surface area (Å²) in [4.78, 5) is 20.0. The Bertz CT molecular complexity index is 1130. The fraction of sp³-hybridized carbons (Fsp3) is 0.200. The molecule has 0 saturated heterocycles. The van der Waals surface area contributed by atoms with Crippen LogP contribution in [-0.4, -0.2) is 10.9 Å². The number of carbonyl (C=O) groups is 1. The quantitative estimate of drug-likeness (QED) is 0.342. The number of carbonyl (C=O) groups excluding carboxylic acids is 1. The van der Waals surface area contributed by atoms with Crippen molar-refractivity contribution in [1.29, 1.82) is 0 Å². The predicted molar refractivity (Wildman–Crippen MR) is 127 cm³/mol. The van der Waals surface area contributed by atoms with E-state index in [1.165, 1.54) is 16.9 Å². The van der Waals surface area contributed by atoms with E-state index in [9.17, 15) is 4.79 Å². The minimum atomic E-state index is 0.0240. The molecule has 0 radical (unpaired) electrons. The van der Waals surface area contributed by atoms with Crippen molar-refractivity contribution in [3.05, 3.63) is 94.0 Å². The number of hydrogen-bond donors (Lipinski definition) is 0. The molecule has 4 rings (SSSR count). The molecular formula is C25H23ClN2OS. The summed E-state index contributed by atoms with van der Waals surface area (Å²) in [6.07, 6.45) is 1.32. The normalized spacial score (nSPS) is 11.0. The van der Waals surface area contributed by atoms with Crippen molar-refractivity contribution >= 4 is 44.2 Å². The largest absolute Gasteiger partial charge is 0.283 e. The molecule has 0 spiro atoms. The van der Waals surface area contributed by atoms with Crippen molar-refractivity contribution in [2.24, 2.45) is 0 Å². The first-order valence-corrected chi connectivity index (χ1v) is 11.2. The van der Waals surface area contributed by atoms with Gasteiger partial charge in [0.25, 0.3) is 0 Å². The molecule has 4 aromatic rings. The van der Waals surface area contributed by atoms with Crippen molar-refractivity contribution < 1.29 is 4.79 Å². The summed E-state index contributed by atoms with van der Waals surface area (Å²) in [6.45, 7) is 4.62. The van der Waals surface area contributed by atoms with Gasteiger partial charge in [-0.3, -0.25) is 9.69 Å². The van der Waals surface area contributed by atoms with Gasteiger partial charge in [-0.15, -0.1) is 0 Å². The third-order valence-corrected chi connectivity index (χ3v) is 6.73. The molecule has 0 saturated carbocycles. The second kappa shape index (κ2) is 8.99. The van der Waals surface area contributed by atoms with Crippen LogP contribution in [0.15, 0.2) is 66.7 Å². The number of aromatic nitrogens is 1. The summed E-state index contributed by atoms with van der Waals surface area (Å²) in [5.74, 6) is 0.0240. The highest BCUT2D eigenvalue weighted by Gasteiger charge is 2.22. The van der Waals surface area contributed by atoms with Crippen LogP contribution in [-0.2, 0) is 24.2 Å². The third kappa shape index (κ3) is 4.40. The summed E-state index contributed by atoms with van der Waals surface area (Å²) in [7, 11) is 0. The number of nitrogens with zero attached hydrogens (tertiary/aromatic N) is 2. The molecule has 30 heavy (non-hydrogen) atoms.